The van der Waals surface area contributed by atoms with Crippen LogP contribution in [0.5, 0.6) is 0 Å². The van der Waals surface area contributed by atoms with E-state index in [1.807, 2.05) is 13.8 Å². The van der Waals surface area contributed by atoms with Crippen molar-refractivity contribution in [1.82, 2.24) is 20.6 Å². The van der Waals surface area contributed by atoms with E-state index in [4.69, 9.17) is 5.73 Å². The number of nitrogens with two attached hydrogens (primary N) is 1. The molecule has 106 valence electrons. The van der Waals surface area contributed by atoms with Crippen LogP contribution in [0.3, 0.4) is 0 Å². The number of urea groups is 1. The number of carbonyl (C=O) groups excluding carboxylic acids is 2. The molecule has 7 nitrogen and oxygen atoms in total. The predicted octanol–water partition coefficient (Wildman–Crippen LogP) is 0.151. The molecule has 0 saturated heterocycles. The normalized spacial score (nSPS) is 12.2. The maximum absolute atomic E-state index is 11.9. The monoisotopic (exact) mass is 267 g/mol. The van der Waals surface area contributed by atoms with Gasteiger partial charge >= 0.3 is 6.03 Å². The number of hydrogen-bond donors (Lipinski definition) is 4. The van der Waals surface area contributed by atoms with Crippen LogP contribution in [0.4, 0.5) is 4.79 Å². The van der Waals surface area contributed by atoms with E-state index in [1.165, 1.54) is 0 Å². The first-order valence-corrected chi connectivity index (χ1v) is 6.31. The number of hydrogen-bond acceptors (Lipinski definition) is 3. The largest absolute Gasteiger partial charge is 0.354 e. The van der Waals surface area contributed by atoms with E-state index in [0.29, 0.717) is 19.4 Å². The first-order chi connectivity index (χ1) is 8.99. The van der Waals surface area contributed by atoms with Crippen molar-refractivity contribution in [1.29, 1.82) is 0 Å². The van der Waals surface area contributed by atoms with Gasteiger partial charge < -0.3 is 21.4 Å². The van der Waals surface area contributed by atoms with Gasteiger partial charge in [0.1, 0.15) is 11.9 Å². The Balaban J connectivity index is 2.40. The number of aromatic amines is 1. The lowest BCUT2D eigenvalue weighted by molar-refractivity contribution is -0.123. The molecule has 7 heteroatoms. The molecule has 0 aliphatic carbocycles. The SMILES string of the molecule is CC(C)CC(NC(N)=O)C(=O)NCCc1ncc[nH]1. The van der Waals surface area contributed by atoms with Crippen molar-refractivity contribution in [3.63, 3.8) is 0 Å². The van der Waals surface area contributed by atoms with Crippen LogP contribution in [0, 0.1) is 5.92 Å². The molecule has 0 fully saturated rings. The zero-order valence-electron chi connectivity index (χ0n) is 11.3. The molecule has 1 unspecified atom stereocenters. The van der Waals surface area contributed by atoms with Gasteiger partial charge in [-0.25, -0.2) is 9.78 Å². The smallest absolute Gasteiger partial charge is 0.312 e. The first-order valence-electron chi connectivity index (χ1n) is 6.31. The van der Waals surface area contributed by atoms with Crippen molar-refractivity contribution in [3.05, 3.63) is 18.2 Å². The lowest BCUT2D eigenvalue weighted by Gasteiger charge is -2.18. The average molecular weight is 267 g/mol. The van der Waals surface area contributed by atoms with Crippen LogP contribution < -0.4 is 16.4 Å². The van der Waals surface area contributed by atoms with E-state index in [2.05, 4.69) is 20.6 Å². The Morgan fingerprint density at radius 1 is 1.47 bits per heavy atom. The summed E-state index contributed by atoms with van der Waals surface area (Å²) < 4.78 is 0. The number of primary amides is 1. The van der Waals surface area contributed by atoms with E-state index >= 15 is 0 Å². The molecule has 1 atom stereocenters. The molecular formula is C12H21N5O2. The zero-order chi connectivity index (χ0) is 14.3. The molecule has 3 amide bonds. The van der Waals surface area contributed by atoms with Crippen LogP contribution in [0.25, 0.3) is 0 Å². The van der Waals surface area contributed by atoms with E-state index < -0.39 is 12.1 Å². The van der Waals surface area contributed by atoms with Crippen LogP contribution in [0.2, 0.25) is 0 Å². The second-order valence-corrected chi connectivity index (χ2v) is 4.77. The Labute approximate surface area is 112 Å². The van der Waals surface area contributed by atoms with Crippen molar-refractivity contribution < 1.29 is 9.59 Å². The second kappa shape index (κ2) is 7.40. The highest BCUT2D eigenvalue weighted by Gasteiger charge is 2.20. The molecule has 1 rings (SSSR count). The quantitative estimate of drug-likeness (QED) is 0.564. The summed E-state index contributed by atoms with van der Waals surface area (Å²) in [6.07, 6.45) is 4.56. The summed E-state index contributed by atoms with van der Waals surface area (Å²) in [5.41, 5.74) is 5.07. The lowest BCUT2D eigenvalue weighted by atomic mass is 10.0. The van der Waals surface area contributed by atoms with E-state index in [0.717, 1.165) is 5.82 Å². The summed E-state index contributed by atoms with van der Waals surface area (Å²) in [5.74, 6) is 0.871. The molecule has 0 spiro atoms. The molecular weight excluding hydrogens is 246 g/mol. The molecule has 5 N–H and O–H groups in total. The van der Waals surface area contributed by atoms with Gasteiger partial charge in [0.15, 0.2) is 0 Å². The molecule has 0 bridgehead atoms. The summed E-state index contributed by atoms with van der Waals surface area (Å²) in [4.78, 5) is 29.8. The van der Waals surface area contributed by atoms with Crippen molar-refractivity contribution in [2.45, 2.75) is 32.7 Å². The molecule has 1 aromatic rings. The lowest BCUT2D eigenvalue weighted by Crippen LogP contribution is -2.49. The standard InChI is InChI=1S/C12H21N5O2/c1-8(2)7-9(17-12(13)19)11(18)16-4-3-10-14-5-6-15-10/h5-6,8-9H,3-4,7H2,1-2H3,(H,14,15)(H,16,18)(H3,13,17,19). The fourth-order valence-corrected chi connectivity index (χ4v) is 1.74. The third kappa shape index (κ3) is 5.89. The minimum absolute atomic E-state index is 0.223. The fourth-order valence-electron chi connectivity index (χ4n) is 1.74. The summed E-state index contributed by atoms with van der Waals surface area (Å²) in [6, 6.07) is -1.28. The third-order valence-corrected chi connectivity index (χ3v) is 2.56. The molecule has 0 aromatic carbocycles. The minimum atomic E-state index is -0.688. The van der Waals surface area contributed by atoms with E-state index in [9.17, 15) is 9.59 Å². The maximum Gasteiger partial charge on any atom is 0.312 e. The van der Waals surface area contributed by atoms with Gasteiger partial charge in [-0.15, -0.1) is 0 Å². The topological polar surface area (TPSA) is 113 Å². The maximum atomic E-state index is 11.9. The molecule has 0 saturated carbocycles. The van der Waals surface area contributed by atoms with Crippen LogP contribution >= 0.6 is 0 Å². The van der Waals surface area contributed by atoms with Crippen molar-refractivity contribution in [3.8, 4) is 0 Å². The number of rotatable bonds is 7. The highest BCUT2D eigenvalue weighted by molar-refractivity contribution is 5.86. The molecule has 1 aromatic heterocycles. The first kappa shape index (κ1) is 15.0. The minimum Gasteiger partial charge on any atom is -0.354 e. The van der Waals surface area contributed by atoms with E-state index in [-0.39, 0.29) is 11.8 Å². The van der Waals surface area contributed by atoms with Crippen LogP contribution in [-0.2, 0) is 11.2 Å². The number of H-pyrrole nitrogens is 1. The number of carbonyl (C=O) groups is 2. The number of imidazole rings is 1. The molecule has 0 aliphatic heterocycles. The third-order valence-electron chi connectivity index (χ3n) is 2.56. The Morgan fingerprint density at radius 2 is 2.21 bits per heavy atom. The Morgan fingerprint density at radius 3 is 2.74 bits per heavy atom. The summed E-state index contributed by atoms with van der Waals surface area (Å²) in [7, 11) is 0. The van der Waals surface area contributed by atoms with Crippen molar-refractivity contribution in [2.75, 3.05) is 6.54 Å². The summed E-state index contributed by atoms with van der Waals surface area (Å²) in [6.45, 7) is 4.42. The zero-order valence-corrected chi connectivity index (χ0v) is 11.3. The molecule has 19 heavy (non-hydrogen) atoms. The summed E-state index contributed by atoms with van der Waals surface area (Å²) >= 11 is 0. The van der Waals surface area contributed by atoms with Gasteiger partial charge in [-0.3, -0.25) is 4.79 Å². The second-order valence-electron chi connectivity index (χ2n) is 4.77. The summed E-state index contributed by atoms with van der Waals surface area (Å²) in [5, 5.41) is 5.22. The number of nitrogens with zero attached hydrogens (tertiary/aromatic N) is 1. The fraction of sp³-hybridized carbons (Fsp3) is 0.583. The van der Waals surface area contributed by atoms with Crippen LogP contribution in [0.15, 0.2) is 12.4 Å². The van der Waals surface area contributed by atoms with Crippen LogP contribution in [-0.4, -0.2) is 34.5 Å². The number of aromatic nitrogens is 2. The molecule has 0 aliphatic rings. The van der Waals surface area contributed by atoms with Crippen molar-refractivity contribution >= 4 is 11.9 Å². The van der Waals surface area contributed by atoms with Crippen LogP contribution in [0.1, 0.15) is 26.1 Å². The van der Waals surface area contributed by atoms with Gasteiger partial charge in [0.05, 0.1) is 0 Å². The Bertz CT molecular complexity index is 402. The predicted molar refractivity (Wildman–Crippen MR) is 71.3 cm³/mol. The molecule has 1 heterocycles. The van der Waals surface area contributed by atoms with E-state index in [1.54, 1.807) is 12.4 Å². The Hall–Kier alpha value is -2.05. The van der Waals surface area contributed by atoms with Gasteiger partial charge in [0.25, 0.3) is 0 Å². The highest BCUT2D eigenvalue weighted by Crippen LogP contribution is 2.04. The van der Waals surface area contributed by atoms with Gasteiger partial charge in [-0.2, -0.15) is 0 Å². The van der Waals surface area contributed by atoms with Gasteiger partial charge in [0.2, 0.25) is 5.91 Å². The van der Waals surface area contributed by atoms with Gasteiger partial charge in [-0.1, -0.05) is 13.8 Å². The average Bonchev–Trinajstić information content (AvgIpc) is 2.79. The number of amides is 3. The van der Waals surface area contributed by atoms with Gasteiger partial charge in [0, 0.05) is 25.4 Å². The Kier molecular flexibility index (Phi) is 5.84. The van der Waals surface area contributed by atoms with Gasteiger partial charge in [-0.05, 0) is 12.3 Å². The van der Waals surface area contributed by atoms with Crippen molar-refractivity contribution in [2.24, 2.45) is 11.7 Å². The number of nitrogens with one attached hydrogen (secondary N) is 3. The highest BCUT2D eigenvalue weighted by atomic mass is 16.2. The molecule has 0 radical (unpaired) electrons.